The fourth-order valence-corrected chi connectivity index (χ4v) is 5.49. The van der Waals surface area contributed by atoms with Crippen molar-refractivity contribution < 1.29 is 15.0 Å². The van der Waals surface area contributed by atoms with E-state index in [2.05, 4.69) is 53.7 Å². The summed E-state index contributed by atoms with van der Waals surface area (Å²) in [6.07, 6.45) is 15.7. The van der Waals surface area contributed by atoms with E-state index >= 15 is 0 Å². The van der Waals surface area contributed by atoms with E-state index in [1.807, 2.05) is 13.0 Å². The summed E-state index contributed by atoms with van der Waals surface area (Å²) < 4.78 is 0. The molecular weight excluding hydrogens is 408 g/mol. The molecule has 0 spiro atoms. The highest BCUT2D eigenvalue weighted by Crippen LogP contribution is 2.53. The van der Waals surface area contributed by atoms with Gasteiger partial charge in [0.1, 0.15) is 6.29 Å². The van der Waals surface area contributed by atoms with Gasteiger partial charge in [0.05, 0.1) is 6.10 Å². The van der Waals surface area contributed by atoms with E-state index in [1.54, 1.807) is 0 Å². The van der Waals surface area contributed by atoms with Crippen molar-refractivity contribution in [2.24, 2.45) is 17.3 Å². The zero-order valence-corrected chi connectivity index (χ0v) is 22.4. The third-order valence-electron chi connectivity index (χ3n) is 7.80. The van der Waals surface area contributed by atoms with Crippen molar-refractivity contribution in [2.75, 3.05) is 6.61 Å². The maximum atomic E-state index is 11.5. The molecule has 33 heavy (non-hydrogen) atoms. The number of allylic oxidation sites excluding steroid dienone is 6. The lowest BCUT2D eigenvalue weighted by Gasteiger charge is -2.48. The minimum Gasteiger partial charge on any atom is -0.396 e. The summed E-state index contributed by atoms with van der Waals surface area (Å²) in [6, 6.07) is 0. The van der Waals surface area contributed by atoms with E-state index in [0.717, 1.165) is 63.2 Å². The minimum atomic E-state index is -0.431. The van der Waals surface area contributed by atoms with Gasteiger partial charge in [-0.2, -0.15) is 0 Å². The second-order valence-corrected chi connectivity index (χ2v) is 10.9. The second kappa shape index (κ2) is 14.7. The molecule has 4 atom stereocenters. The van der Waals surface area contributed by atoms with Crippen LogP contribution < -0.4 is 0 Å². The van der Waals surface area contributed by atoms with Gasteiger partial charge in [-0.1, -0.05) is 54.4 Å². The molecule has 1 saturated carbocycles. The lowest BCUT2D eigenvalue weighted by atomic mass is 9.56. The van der Waals surface area contributed by atoms with Gasteiger partial charge in [0.2, 0.25) is 0 Å². The molecule has 0 radical (unpaired) electrons. The molecule has 1 rings (SSSR count). The highest BCUT2D eigenvalue weighted by atomic mass is 16.3. The molecule has 0 aromatic carbocycles. The van der Waals surface area contributed by atoms with E-state index in [-0.39, 0.29) is 12.0 Å². The number of hydrogen-bond acceptors (Lipinski definition) is 3. The van der Waals surface area contributed by atoms with Gasteiger partial charge in [-0.25, -0.2) is 0 Å². The number of hydrogen-bond donors (Lipinski definition) is 2. The van der Waals surface area contributed by atoms with Crippen molar-refractivity contribution in [3.63, 3.8) is 0 Å². The predicted octanol–water partition coefficient (Wildman–Crippen LogP) is 7.50. The summed E-state index contributed by atoms with van der Waals surface area (Å²) in [5.41, 5.74) is 6.12. The number of carbonyl (C=O) groups is 1. The van der Waals surface area contributed by atoms with E-state index in [9.17, 15) is 15.0 Å². The largest absolute Gasteiger partial charge is 0.396 e. The Morgan fingerprint density at radius 3 is 2.42 bits per heavy atom. The Hall–Kier alpha value is -1.45. The molecular formula is C30H50O3. The Morgan fingerprint density at radius 2 is 1.82 bits per heavy atom. The molecule has 1 aliphatic rings. The third kappa shape index (κ3) is 9.74. The summed E-state index contributed by atoms with van der Waals surface area (Å²) in [4.78, 5) is 11.5. The Labute approximate surface area is 203 Å². The van der Waals surface area contributed by atoms with Gasteiger partial charge in [-0.3, -0.25) is 4.79 Å². The molecule has 0 aromatic rings. The molecule has 3 nitrogen and oxygen atoms in total. The maximum Gasteiger partial charge on any atom is 0.145 e. The molecule has 0 bridgehead atoms. The van der Waals surface area contributed by atoms with Crippen LogP contribution in [0.2, 0.25) is 0 Å². The predicted molar refractivity (Wildman–Crippen MR) is 141 cm³/mol. The first-order chi connectivity index (χ1) is 15.5. The van der Waals surface area contributed by atoms with Crippen LogP contribution in [0.5, 0.6) is 0 Å². The second-order valence-electron chi connectivity index (χ2n) is 10.9. The molecule has 1 fully saturated rings. The van der Waals surface area contributed by atoms with Gasteiger partial charge in [0, 0.05) is 6.61 Å². The van der Waals surface area contributed by atoms with E-state index in [0.29, 0.717) is 18.3 Å². The molecule has 3 heteroatoms. The van der Waals surface area contributed by atoms with E-state index in [1.165, 1.54) is 22.3 Å². The van der Waals surface area contributed by atoms with Crippen molar-refractivity contribution in [3.8, 4) is 0 Å². The van der Waals surface area contributed by atoms with Crippen LogP contribution in [0.4, 0.5) is 0 Å². The van der Waals surface area contributed by atoms with E-state index < -0.39 is 6.10 Å². The molecule has 0 aromatic heterocycles. The minimum absolute atomic E-state index is 0.115. The van der Waals surface area contributed by atoms with Gasteiger partial charge in [-0.05, 0) is 115 Å². The number of carbonyl (C=O) groups excluding carboxylic acids is 1. The molecule has 1 aliphatic carbocycles. The Kier molecular flexibility index (Phi) is 13.2. The van der Waals surface area contributed by atoms with E-state index in [4.69, 9.17) is 0 Å². The fraction of sp³-hybridized carbons (Fsp3) is 0.700. The van der Waals surface area contributed by atoms with Crippen LogP contribution in [0, 0.1) is 17.3 Å². The van der Waals surface area contributed by atoms with Crippen molar-refractivity contribution in [1.82, 2.24) is 0 Å². The van der Waals surface area contributed by atoms with Crippen LogP contribution in [-0.2, 0) is 4.79 Å². The van der Waals surface area contributed by atoms with Crippen molar-refractivity contribution in [2.45, 2.75) is 112 Å². The Morgan fingerprint density at radius 1 is 1.12 bits per heavy atom. The zero-order chi connectivity index (χ0) is 25.0. The number of aliphatic hydroxyl groups excluding tert-OH is 2. The smallest absolute Gasteiger partial charge is 0.145 e. The zero-order valence-electron chi connectivity index (χ0n) is 22.4. The topological polar surface area (TPSA) is 57.5 Å². The van der Waals surface area contributed by atoms with Crippen molar-refractivity contribution >= 4 is 6.29 Å². The molecule has 1 unspecified atom stereocenters. The van der Waals surface area contributed by atoms with Gasteiger partial charge in [0.15, 0.2) is 0 Å². The number of aldehydes is 1. The van der Waals surface area contributed by atoms with Crippen molar-refractivity contribution in [3.05, 3.63) is 46.1 Å². The summed E-state index contributed by atoms with van der Waals surface area (Å²) in [5, 5.41) is 20.0. The maximum absolute atomic E-state index is 11.5. The molecule has 0 amide bonds. The quantitative estimate of drug-likeness (QED) is 0.171. The van der Waals surface area contributed by atoms with Crippen LogP contribution in [0.15, 0.2) is 46.1 Å². The lowest BCUT2D eigenvalue weighted by molar-refractivity contribution is -0.105. The molecule has 2 N–H and O–H groups in total. The van der Waals surface area contributed by atoms with Gasteiger partial charge in [0.25, 0.3) is 0 Å². The first-order valence-corrected chi connectivity index (χ1v) is 12.9. The van der Waals surface area contributed by atoms with Gasteiger partial charge < -0.3 is 10.2 Å². The molecule has 0 heterocycles. The molecule has 0 saturated heterocycles. The highest BCUT2D eigenvalue weighted by molar-refractivity contribution is 5.73. The Balaban J connectivity index is 2.81. The molecule has 0 aliphatic heterocycles. The first kappa shape index (κ1) is 29.6. The number of rotatable bonds is 13. The number of aliphatic hydroxyl groups is 2. The van der Waals surface area contributed by atoms with Crippen LogP contribution in [-0.4, -0.2) is 29.2 Å². The first-order valence-electron chi connectivity index (χ1n) is 12.9. The molecule has 188 valence electrons. The van der Waals surface area contributed by atoms with Gasteiger partial charge >= 0.3 is 0 Å². The third-order valence-corrected chi connectivity index (χ3v) is 7.80. The van der Waals surface area contributed by atoms with Gasteiger partial charge in [-0.15, -0.1) is 0 Å². The average molecular weight is 459 g/mol. The Bertz CT molecular complexity index is 736. The van der Waals surface area contributed by atoms with Crippen molar-refractivity contribution in [1.29, 1.82) is 0 Å². The highest BCUT2D eigenvalue weighted by Gasteiger charge is 2.43. The van der Waals surface area contributed by atoms with Crippen LogP contribution in [0.25, 0.3) is 0 Å². The normalized spacial score (nSPS) is 26.7. The van der Waals surface area contributed by atoms with Crippen LogP contribution >= 0.6 is 0 Å². The van der Waals surface area contributed by atoms with Crippen LogP contribution in [0.3, 0.4) is 0 Å². The summed E-state index contributed by atoms with van der Waals surface area (Å²) in [6.45, 7) is 15.3. The fourth-order valence-electron chi connectivity index (χ4n) is 5.49. The van der Waals surface area contributed by atoms with Crippen LogP contribution in [0.1, 0.15) is 106 Å². The summed E-state index contributed by atoms with van der Waals surface area (Å²) in [7, 11) is 0. The standard InChI is InChI=1S/C30H50O3/c1-22(2)11-8-12-23(3)19-27(33)20-24(4)13-9-17-30(7)26(6)15-16-28(25(5)21-32)29(30)14-10-18-31/h11,13,19,21,26-27,29,31,33H,8-10,12,14-18,20H2,1-7H3/b23-19+,24-13+,28-25-/t26-,27?,29-,30-/m0/s1. The summed E-state index contributed by atoms with van der Waals surface area (Å²) >= 11 is 0. The monoisotopic (exact) mass is 458 g/mol. The average Bonchev–Trinajstić information content (AvgIpc) is 2.73. The lowest BCUT2D eigenvalue weighted by Crippen LogP contribution is -2.39. The summed E-state index contributed by atoms with van der Waals surface area (Å²) in [5.74, 6) is 0.930. The SMILES string of the molecule is CC(C)=CCC/C(C)=C/C(O)C/C(C)=C/CC[C@@]1(C)[C@@H](C)CC/C(=C(\C)C=O)[C@@H]1CCCO.